The van der Waals surface area contributed by atoms with Crippen LogP contribution in [0, 0.1) is 6.92 Å². The molecule has 2 heterocycles. The van der Waals surface area contributed by atoms with Crippen LogP contribution in [0.3, 0.4) is 0 Å². The largest absolute Gasteiger partial charge is 0.362 e. The van der Waals surface area contributed by atoms with E-state index in [0.717, 1.165) is 5.82 Å². The van der Waals surface area contributed by atoms with Crippen molar-refractivity contribution in [3.05, 3.63) is 24.0 Å². The number of nitrogens with zero attached hydrogens (tertiary/aromatic N) is 5. The predicted octanol–water partition coefficient (Wildman–Crippen LogP) is 0.846. The Morgan fingerprint density at radius 3 is 2.82 bits per heavy atom. The number of aromatic nitrogens is 4. The number of anilines is 2. The maximum Gasteiger partial charge on any atom is 0.226 e. The Morgan fingerprint density at radius 2 is 2.18 bits per heavy atom. The van der Waals surface area contributed by atoms with Crippen molar-refractivity contribution in [2.75, 3.05) is 24.3 Å². The summed E-state index contributed by atoms with van der Waals surface area (Å²) < 4.78 is 4.87. The highest BCUT2D eigenvalue weighted by molar-refractivity contribution is 5.40. The summed E-state index contributed by atoms with van der Waals surface area (Å²) in [5.41, 5.74) is 0. The molecule has 90 valence electrons. The van der Waals surface area contributed by atoms with Crippen molar-refractivity contribution in [3.63, 3.8) is 0 Å². The minimum atomic E-state index is 0.473. The molecule has 2 rings (SSSR count). The van der Waals surface area contributed by atoms with E-state index in [1.807, 2.05) is 19.0 Å². The molecule has 2 aromatic rings. The normalized spacial score (nSPS) is 10.3. The lowest BCUT2D eigenvalue weighted by Gasteiger charge is -2.10. The van der Waals surface area contributed by atoms with E-state index in [-0.39, 0.29) is 0 Å². The van der Waals surface area contributed by atoms with E-state index in [4.69, 9.17) is 4.52 Å². The van der Waals surface area contributed by atoms with E-state index in [9.17, 15) is 0 Å². The zero-order chi connectivity index (χ0) is 12.3. The molecule has 0 saturated heterocycles. The molecule has 0 aliphatic carbocycles. The first-order valence-electron chi connectivity index (χ1n) is 5.18. The molecule has 1 N–H and O–H groups in total. The average molecular weight is 234 g/mol. The fraction of sp³-hybridized carbons (Fsp3) is 0.400. The van der Waals surface area contributed by atoms with Crippen LogP contribution in [0.5, 0.6) is 0 Å². The van der Waals surface area contributed by atoms with Gasteiger partial charge >= 0.3 is 0 Å². The molecule has 0 saturated carbocycles. The summed E-state index contributed by atoms with van der Waals surface area (Å²) in [5, 5.41) is 6.89. The number of hydrogen-bond donors (Lipinski definition) is 1. The smallest absolute Gasteiger partial charge is 0.226 e. The van der Waals surface area contributed by atoms with Gasteiger partial charge in [-0.2, -0.15) is 9.97 Å². The Bertz CT molecular complexity index is 495. The third kappa shape index (κ3) is 2.90. The maximum atomic E-state index is 4.87. The number of nitrogens with one attached hydrogen (secondary N) is 1. The lowest BCUT2D eigenvalue weighted by Crippen LogP contribution is -2.13. The van der Waals surface area contributed by atoms with Gasteiger partial charge in [0.15, 0.2) is 5.82 Å². The first kappa shape index (κ1) is 11.3. The van der Waals surface area contributed by atoms with E-state index in [0.29, 0.717) is 24.2 Å². The molecule has 0 radical (unpaired) electrons. The van der Waals surface area contributed by atoms with Crippen molar-refractivity contribution in [2.24, 2.45) is 0 Å². The SMILES string of the molecule is Cc1nc(CNc2ccnc(N(C)C)n2)no1. The summed E-state index contributed by atoms with van der Waals surface area (Å²) in [6, 6.07) is 1.79. The summed E-state index contributed by atoms with van der Waals surface area (Å²) >= 11 is 0. The van der Waals surface area contributed by atoms with Gasteiger partial charge in [0.05, 0.1) is 6.54 Å². The molecule has 0 fully saturated rings. The minimum absolute atomic E-state index is 0.473. The van der Waals surface area contributed by atoms with E-state index in [2.05, 4.69) is 25.4 Å². The molecular weight excluding hydrogens is 220 g/mol. The van der Waals surface area contributed by atoms with Crippen molar-refractivity contribution < 1.29 is 4.52 Å². The third-order valence-corrected chi connectivity index (χ3v) is 2.04. The third-order valence-electron chi connectivity index (χ3n) is 2.04. The second-order valence-electron chi connectivity index (χ2n) is 3.72. The Kier molecular flexibility index (Phi) is 3.17. The zero-order valence-corrected chi connectivity index (χ0v) is 10.0. The molecule has 2 aromatic heterocycles. The van der Waals surface area contributed by atoms with Crippen molar-refractivity contribution in [3.8, 4) is 0 Å². The van der Waals surface area contributed by atoms with Gasteiger partial charge in [-0.25, -0.2) is 4.98 Å². The number of aryl methyl sites for hydroxylation is 1. The maximum absolute atomic E-state index is 4.87. The molecule has 0 spiro atoms. The first-order valence-corrected chi connectivity index (χ1v) is 5.18. The number of rotatable bonds is 4. The van der Waals surface area contributed by atoms with Crippen LogP contribution >= 0.6 is 0 Å². The molecule has 17 heavy (non-hydrogen) atoms. The van der Waals surface area contributed by atoms with Crippen LogP contribution in [0.4, 0.5) is 11.8 Å². The van der Waals surface area contributed by atoms with Gasteiger partial charge in [-0.15, -0.1) is 0 Å². The highest BCUT2D eigenvalue weighted by atomic mass is 16.5. The lowest BCUT2D eigenvalue weighted by molar-refractivity contribution is 0.388. The van der Waals surface area contributed by atoms with Gasteiger partial charge in [0, 0.05) is 27.2 Å². The van der Waals surface area contributed by atoms with Crippen LogP contribution in [0.2, 0.25) is 0 Å². The second kappa shape index (κ2) is 4.77. The van der Waals surface area contributed by atoms with Crippen LogP contribution in [-0.4, -0.2) is 34.2 Å². The van der Waals surface area contributed by atoms with E-state index in [1.165, 1.54) is 0 Å². The van der Waals surface area contributed by atoms with Gasteiger partial charge in [0.2, 0.25) is 11.8 Å². The second-order valence-corrected chi connectivity index (χ2v) is 3.72. The van der Waals surface area contributed by atoms with Gasteiger partial charge in [0.1, 0.15) is 5.82 Å². The van der Waals surface area contributed by atoms with Crippen LogP contribution in [-0.2, 0) is 6.54 Å². The van der Waals surface area contributed by atoms with Gasteiger partial charge in [-0.1, -0.05) is 5.16 Å². The Labute approximate surface area is 98.9 Å². The fourth-order valence-corrected chi connectivity index (χ4v) is 1.25. The Morgan fingerprint density at radius 1 is 1.35 bits per heavy atom. The van der Waals surface area contributed by atoms with Crippen LogP contribution < -0.4 is 10.2 Å². The molecule has 7 nitrogen and oxygen atoms in total. The summed E-state index contributed by atoms with van der Waals surface area (Å²) in [6.07, 6.45) is 1.70. The molecule has 0 atom stereocenters. The Balaban J connectivity index is 2.01. The molecule has 7 heteroatoms. The van der Waals surface area contributed by atoms with Crippen molar-refractivity contribution in [1.29, 1.82) is 0 Å². The minimum Gasteiger partial charge on any atom is -0.362 e. The molecular formula is C10H14N6O. The summed E-state index contributed by atoms with van der Waals surface area (Å²) in [5.74, 6) is 2.54. The van der Waals surface area contributed by atoms with Gasteiger partial charge in [-0.3, -0.25) is 0 Å². The van der Waals surface area contributed by atoms with Gasteiger partial charge in [-0.05, 0) is 6.07 Å². The number of hydrogen-bond acceptors (Lipinski definition) is 7. The van der Waals surface area contributed by atoms with Crippen LogP contribution in [0.15, 0.2) is 16.8 Å². The first-order chi connectivity index (χ1) is 8.15. The lowest BCUT2D eigenvalue weighted by atomic mass is 10.5. The van der Waals surface area contributed by atoms with Gasteiger partial charge in [0.25, 0.3) is 0 Å². The van der Waals surface area contributed by atoms with Crippen molar-refractivity contribution in [2.45, 2.75) is 13.5 Å². The molecule has 0 aliphatic heterocycles. The van der Waals surface area contributed by atoms with Crippen LogP contribution in [0.25, 0.3) is 0 Å². The molecule has 0 aliphatic rings. The quantitative estimate of drug-likeness (QED) is 0.839. The van der Waals surface area contributed by atoms with E-state index < -0.39 is 0 Å². The summed E-state index contributed by atoms with van der Waals surface area (Å²) in [4.78, 5) is 14.4. The molecule has 0 bridgehead atoms. The van der Waals surface area contributed by atoms with E-state index in [1.54, 1.807) is 19.2 Å². The molecule has 0 aromatic carbocycles. The highest BCUT2D eigenvalue weighted by Crippen LogP contribution is 2.08. The molecule has 0 amide bonds. The topological polar surface area (TPSA) is 80.0 Å². The monoisotopic (exact) mass is 234 g/mol. The van der Waals surface area contributed by atoms with Crippen molar-refractivity contribution >= 4 is 11.8 Å². The fourth-order valence-electron chi connectivity index (χ4n) is 1.25. The van der Waals surface area contributed by atoms with Gasteiger partial charge < -0.3 is 14.7 Å². The average Bonchev–Trinajstić information content (AvgIpc) is 2.73. The summed E-state index contributed by atoms with van der Waals surface area (Å²) in [6.45, 7) is 2.23. The van der Waals surface area contributed by atoms with Crippen LogP contribution in [0.1, 0.15) is 11.7 Å². The summed E-state index contributed by atoms with van der Waals surface area (Å²) in [7, 11) is 3.78. The standard InChI is InChI=1S/C10H14N6O/c1-7-13-9(15-17-7)6-12-8-4-5-11-10(14-8)16(2)3/h4-5H,6H2,1-3H3,(H,11,12,14). The van der Waals surface area contributed by atoms with Crippen molar-refractivity contribution in [1.82, 2.24) is 20.1 Å². The highest BCUT2D eigenvalue weighted by Gasteiger charge is 2.04. The Hall–Kier alpha value is -2.18. The molecule has 0 unspecified atom stereocenters. The zero-order valence-electron chi connectivity index (χ0n) is 10.0. The van der Waals surface area contributed by atoms with E-state index >= 15 is 0 Å². The predicted molar refractivity (Wildman–Crippen MR) is 62.7 cm³/mol.